The molecule has 1 atom stereocenters. The van der Waals surface area contributed by atoms with Gasteiger partial charge < -0.3 is 10.2 Å². The molecule has 0 bridgehead atoms. The van der Waals surface area contributed by atoms with Crippen molar-refractivity contribution in [1.82, 2.24) is 0 Å². The first-order valence-corrected chi connectivity index (χ1v) is 9.52. The first-order chi connectivity index (χ1) is 11.9. The molecule has 0 saturated carbocycles. The number of hydrogen-bond acceptors (Lipinski definition) is 2. The number of benzene rings is 2. The van der Waals surface area contributed by atoms with Crippen LogP contribution in [0.2, 0.25) is 0 Å². The van der Waals surface area contributed by atoms with Crippen molar-refractivity contribution in [2.24, 2.45) is 10.8 Å². The van der Waals surface area contributed by atoms with Crippen LogP contribution in [0.3, 0.4) is 0 Å². The zero-order valence-corrected chi connectivity index (χ0v) is 17.3. The maximum atomic E-state index is 10.1. The fraction of sp³-hybridized carbons (Fsp3) is 0.500. The van der Waals surface area contributed by atoms with Gasteiger partial charge in [0.2, 0.25) is 0 Å². The second kappa shape index (κ2) is 6.98. The molecule has 2 N–H and O–H groups in total. The Morgan fingerprint density at radius 3 is 1.77 bits per heavy atom. The van der Waals surface area contributed by atoms with Crippen LogP contribution in [0.1, 0.15) is 71.9 Å². The summed E-state index contributed by atoms with van der Waals surface area (Å²) in [5.74, 6) is 0.409. The predicted octanol–water partition coefficient (Wildman–Crippen LogP) is 6.62. The highest BCUT2D eigenvalue weighted by atomic mass is 16.3. The molecule has 2 nitrogen and oxygen atoms in total. The molecule has 2 aromatic carbocycles. The molecule has 0 aliphatic heterocycles. The van der Waals surface area contributed by atoms with Gasteiger partial charge in [-0.3, -0.25) is 0 Å². The summed E-state index contributed by atoms with van der Waals surface area (Å²) in [7, 11) is 0. The lowest BCUT2D eigenvalue weighted by molar-refractivity contribution is 0.0411. The van der Waals surface area contributed by atoms with E-state index >= 15 is 0 Å². The van der Waals surface area contributed by atoms with E-state index in [9.17, 15) is 10.2 Å². The van der Waals surface area contributed by atoms with Crippen molar-refractivity contribution >= 4 is 0 Å². The van der Waals surface area contributed by atoms with Gasteiger partial charge in [-0.15, -0.1) is 0 Å². The molecule has 0 heterocycles. The van der Waals surface area contributed by atoms with Gasteiger partial charge in [-0.25, -0.2) is 0 Å². The van der Waals surface area contributed by atoms with E-state index in [0.29, 0.717) is 0 Å². The summed E-state index contributed by atoms with van der Waals surface area (Å²) < 4.78 is 0. The van der Waals surface area contributed by atoms with E-state index in [2.05, 4.69) is 72.7 Å². The van der Waals surface area contributed by atoms with Gasteiger partial charge in [0.05, 0.1) is 0 Å². The number of phenols is 2. The van der Waals surface area contributed by atoms with Crippen LogP contribution in [-0.2, 0) is 5.41 Å². The Morgan fingerprint density at radius 1 is 0.808 bits per heavy atom. The fourth-order valence-electron chi connectivity index (χ4n) is 4.36. The van der Waals surface area contributed by atoms with Crippen molar-refractivity contribution in [2.75, 3.05) is 0 Å². The van der Waals surface area contributed by atoms with E-state index in [4.69, 9.17) is 0 Å². The monoisotopic (exact) mass is 354 g/mol. The summed E-state index contributed by atoms with van der Waals surface area (Å²) >= 11 is 0. The van der Waals surface area contributed by atoms with Gasteiger partial charge in [0.15, 0.2) is 0 Å². The average Bonchev–Trinajstić information content (AvgIpc) is 2.54. The second-order valence-electron chi connectivity index (χ2n) is 9.26. The van der Waals surface area contributed by atoms with Gasteiger partial charge in [-0.2, -0.15) is 0 Å². The van der Waals surface area contributed by atoms with Crippen molar-refractivity contribution in [2.45, 2.75) is 66.2 Å². The minimum Gasteiger partial charge on any atom is -0.508 e. The van der Waals surface area contributed by atoms with Crippen LogP contribution in [0.4, 0.5) is 0 Å². The first-order valence-electron chi connectivity index (χ1n) is 9.52. The quantitative estimate of drug-likeness (QED) is 0.612. The Bertz CT molecular complexity index is 722. The van der Waals surface area contributed by atoms with Crippen molar-refractivity contribution in [3.05, 3.63) is 59.7 Å². The maximum Gasteiger partial charge on any atom is 0.119 e. The first kappa shape index (κ1) is 20.4. The third-order valence-electron chi connectivity index (χ3n) is 6.85. The lowest BCUT2D eigenvalue weighted by Gasteiger charge is -2.53. The lowest BCUT2D eigenvalue weighted by atomic mass is 9.51. The standard InChI is InChI=1S/C24H34O2/c1-8-22(2,3)24(6,7)21(17-12-10-9-11-13-17)23(4,5)18-14-19(25)16-20(26)15-18/h9-16,21,25-26H,8H2,1-7H3. The summed E-state index contributed by atoms with van der Waals surface area (Å²) in [6.45, 7) is 16.0. The van der Waals surface area contributed by atoms with E-state index in [1.54, 1.807) is 12.1 Å². The molecule has 1 unspecified atom stereocenters. The van der Waals surface area contributed by atoms with Crippen LogP contribution in [0.15, 0.2) is 48.5 Å². The maximum absolute atomic E-state index is 10.1. The number of rotatable bonds is 6. The van der Waals surface area contributed by atoms with Crippen LogP contribution in [-0.4, -0.2) is 10.2 Å². The highest BCUT2D eigenvalue weighted by molar-refractivity contribution is 5.43. The van der Waals surface area contributed by atoms with Crippen molar-refractivity contribution in [1.29, 1.82) is 0 Å². The summed E-state index contributed by atoms with van der Waals surface area (Å²) in [6.07, 6.45) is 1.07. The Kier molecular flexibility index (Phi) is 5.46. The minimum absolute atomic E-state index is 0.0202. The van der Waals surface area contributed by atoms with Crippen LogP contribution in [0, 0.1) is 10.8 Å². The highest BCUT2D eigenvalue weighted by Gasteiger charge is 2.49. The topological polar surface area (TPSA) is 40.5 Å². The summed E-state index contributed by atoms with van der Waals surface area (Å²) in [6, 6.07) is 15.6. The molecule has 2 aromatic rings. The van der Waals surface area contributed by atoms with Gasteiger partial charge >= 0.3 is 0 Å². The Balaban J connectivity index is 2.71. The van der Waals surface area contributed by atoms with Crippen molar-refractivity contribution < 1.29 is 10.2 Å². The molecule has 26 heavy (non-hydrogen) atoms. The molecular formula is C24H34O2. The van der Waals surface area contributed by atoms with Gasteiger partial charge in [-0.1, -0.05) is 85.2 Å². The molecule has 2 rings (SSSR count). The van der Waals surface area contributed by atoms with Crippen LogP contribution in [0.25, 0.3) is 0 Å². The molecule has 0 fully saturated rings. The lowest BCUT2D eigenvalue weighted by Crippen LogP contribution is -2.45. The van der Waals surface area contributed by atoms with E-state index in [1.165, 1.54) is 11.6 Å². The molecule has 0 saturated heterocycles. The largest absolute Gasteiger partial charge is 0.508 e. The van der Waals surface area contributed by atoms with Crippen molar-refractivity contribution in [3.8, 4) is 11.5 Å². The Hall–Kier alpha value is -1.96. The van der Waals surface area contributed by atoms with Crippen LogP contribution >= 0.6 is 0 Å². The summed E-state index contributed by atoms with van der Waals surface area (Å²) in [5, 5.41) is 20.1. The summed E-state index contributed by atoms with van der Waals surface area (Å²) in [4.78, 5) is 0. The summed E-state index contributed by atoms with van der Waals surface area (Å²) in [5.41, 5.74) is 2.04. The zero-order valence-electron chi connectivity index (χ0n) is 17.3. The van der Waals surface area contributed by atoms with Gasteiger partial charge in [0, 0.05) is 6.07 Å². The smallest absolute Gasteiger partial charge is 0.119 e. The van der Waals surface area contributed by atoms with Crippen LogP contribution < -0.4 is 0 Å². The molecule has 2 heteroatoms. The zero-order chi connectivity index (χ0) is 19.8. The second-order valence-corrected chi connectivity index (χ2v) is 9.26. The molecule has 0 aliphatic carbocycles. The predicted molar refractivity (Wildman–Crippen MR) is 110 cm³/mol. The molecule has 0 aliphatic rings. The van der Waals surface area contributed by atoms with E-state index in [1.807, 2.05) is 6.07 Å². The third kappa shape index (κ3) is 3.60. The number of phenolic OH excluding ortho intramolecular Hbond substituents is 2. The SMILES string of the molecule is CCC(C)(C)C(C)(C)C(c1ccccc1)C(C)(C)c1cc(O)cc(O)c1. The molecule has 0 radical (unpaired) electrons. The van der Waals surface area contributed by atoms with Gasteiger partial charge in [0.25, 0.3) is 0 Å². The van der Waals surface area contributed by atoms with E-state index < -0.39 is 0 Å². The molecular weight excluding hydrogens is 320 g/mol. The Labute approximate surface area is 158 Å². The van der Waals surface area contributed by atoms with Crippen molar-refractivity contribution in [3.63, 3.8) is 0 Å². The Morgan fingerprint density at radius 2 is 1.31 bits per heavy atom. The van der Waals surface area contributed by atoms with Crippen LogP contribution in [0.5, 0.6) is 11.5 Å². The van der Waals surface area contributed by atoms with E-state index in [0.717, 1.165) is 12.0 Å². The normalized spacial score (nSPS) is 14.3. The molecule has 142 valence electrons. The molecule has 0 spiro atoms. The fourth-order valence-corrected chi connectivity index (χ4v) is 4.36. The highest BCUT2D eigenvalue weighted by Crippen LogP contribution is 2.58. The average molecular weight is 355 g/mol. The third-order valence-corrected chi connectivity index (χ3v) is 6.85. The molecule has 0 amide bonds. The van der Waals surface area contributed by atoms with E-state index in [-0.39, 0.29) is 33.7 Å². The van der Waals surface area contributed by atoms with Gasteiger partial charge in [-0.05, 0) is 45.4 Å². The van der Waals surface area contributed by atoms with Gasteiger partial charge in [0.1, 0.15) is 11.5 Å². The minimum atomic E-state index is -0.284. The number of aromatic hydroxyl groups is 2. The molecule has 0 aromatic heterocycles. The number of hydrogen-bond donors (Lipinski definition) is 2.